The average molecular weight is 373 g/mol. The van der Waals surface area contributed by atoms with Crippen LogP contribution in [0.4, 0.5) is 5.69 Å². The highest BCUT2D eigenvalue weighted by molar-refractivity contribution is 14.1. The van der Waals surface area contributed by atoms with Crippen molar-refractivity contribution in [2.75, 3.05) is 0 Å². The number of phenolic OH excluding ortho intramolecular Hbond substituents is 1. The van der Waals surface area contributed by atoms with Gasteiger partial charge in [-0.1, -0.05) is 36.4 Å². The molecule has 1 N–H and O–H groups in total. The van der Waals surface area contributed by atoms with E-state index in [1.165, 1.54) is 5.39 Å². The van der Waals surface area contributed by atoms with Crippen molar-refractivity contribution >= 4 is 45.3 Å². The molecule has 2 nitrogen and oxygen atoms in total. The molecule has 0 saturated heterocycles. The normalized spacial score (nSPS) is 11.2. The number of phenols is 1. The quantitative estimate of drug-likeness (QED) is 0.503. The molecule has 20 heavy (non-hydrogen) atoms. The molecule has 0 aromatic heterocycles. The lowest BCUT2D eigenvalue weighted by Gasteiger charge is -2.02. The zero-order valence-electron chi connectivity index (χ0n) is 10.6. The van der Waals surface area contributed by atoms with Gasteiger partial charge in [0.1, 0.15) is 5.75 Å². The summed E-state index contributed by atoms with van der Waals surface area (Å²) < 4.78 is 0.824. The largest absolute Gasteiger partial charge is 0.507 e. The van der Waals surface area contributed by atoms with Gasteiger partial charge in [-0.05, 0) is 57.8 Å². The second-order valence-corrected chi connectivity index (χ2v) is 5.63. The number of hydrogen-bond donors (Lipinski definition) is 1. The molecule has 98 valence electrons. The number of hydrogen-bond acceptors (Lipinski definition) is 2. The number of benzene rings is 3. The Kier molecular flexibility index (Phi) is 3.69. The van der Waals surface area contributed by atoms with E-state index in [2.05, 4.69) is 45.8 Å². The van der Waals surface area contributed by atoms with Crippen LogP contribution < -0.4 is 0 Å². The first-order valence-corrected chi connectivity index (χ1v) is 7.32. The summed E-state index contributed by atoms with van der Waals surface area (Å²) in [4.78, 5) is 4.57. The standard InChI is InChI=1S/C17H12INO/c18-15-10-12(8-9-17(15)20)11-19-16-7-3-5-13-4-1-2-6-14(13)16/h1-11,20H. The predicted octanol–water partition coefficient (Wildman–Crippen LogP) is 4.90. The summed E-state index contributed by atoms with van der Waals surface area (Å²) in [7, 11) is 0. The molecule has 3 aromatic rings. The fraction of sp³-hybridized carbons (Fsp3) is 0. The van der Waals surface area contributed by atoms with E-state index in [9.17, 15) is 5.11 Å². The lowest BCUT2D eigenvalue weighted by Crippen LogP contribution is -1.83. The van der Waals surface area contributed by atoms with Crippen LogP contribution in [0.15, 0.2) is 65.7 Å². The number of fused-ring (bicyclic) bond motifs is 1. The van der Waals surface area contributed by atoms with Gasteiger partial charge in [0.05, 0.1) is 9.26 Å². The van der Waals surface area contributed by atoms with Crippen LogP contribution in [0.3, 0.4) is 0 Å². The molecule has 0 aliphatic carbocycles. The third kappa shape index (κ3) is 2.67. The van der Waals surface area contributed by atoms with E-state index in [0.29, 0.717) is 5.75 Å². The molecule has 3 heteroatoms. The summed E-state index contributed by atoms with van der Waals surface area (Å²) in [6.07, 6.45) is 1.82. The van der Waals surface area contributed by atoms with Crippen LogP contribution in [0.2, 0.25) is 0 Å². The van der Waals surface area contributed by atoms with Gasteiger partial charge in [-0.2, -0.15) is 0 Å². The van der Waals surface area contributed by atoms with Crippen LogP contribution in [-0.2, 0) is 0 Å². The second kappa shape index (κ2) is 5.63. The molecule has 0 amide bonds. The monoisotopic (exact) mass is 373 g/mol. The third-order valence-corrected chi connectivity index (χ3v) is 3.96. The van der Waals surface area contributed by atoms with Crippen LogP contribution in [0.1, 0.15) is 5.56 Å². The summed E-state index contributed by atoms with van der Waals surface area (Å²) in [5, 5.41) is 11.8. The summed E-state index contributed by atoms with van der Waals surface area (Å²) in [6.45, 7) is 0. The number of halogens is 1. The Morgan fingerprint density at radius 3 is 2.60 bits per heavy atom. The Morgan fingerprint density at radius 2 is 1.75 bits per heavy atom. The third-order valence-electron chi connectivity index (χ3n) is 3.09. The van der Waals surface area contributed by atoms with Gasteiger partial charge >= 0.3 is 0 Å². The van der Waals surface area contributed by atoms with Crippen molar-refractivity contribution in [2.45, 2.75) is 0 Å². The van der Waals surface area contributed by atoms with Crippen molar-refractivity contribution in [1.82, 2.24) is 0 Å². The number of aromatic hydroxyl groups is 1. The summed E-state index contributed by atoms with van der Waals surface area (Å²) in [5.41, 5.74) is 1.92. The minimum Gasteiger partial charge on any atom is -0.507 e. The zero-order valence-corrected chi connectivity index (χ0v) is 12.8. The van der Waals surface area contributed by atoms with E-state index >= 15 is 0 Å². The van der Waals surface area contributed by atoms with E-state index in [1.54, 1.807) is 6.07 Å². The Bertz CT molecular complexity index is 791. The summed E-state index contributed by atoms with van der Waals surface area (Å²) >= 11 is 2.11. The van der Waals surface area contributed by atoms with Crippen molar-refractivity contribution in [3.8, 4) is 5.75 Å². The average Bonchev–Trinajstić information content (AvgIpc) is 2.48. The van der Waals surface area contributed by atoms with Crippen molar-refractivity contribution in [3.05, 3.63) is 69.8 Å². The van der Waals surface area contributed by atoms with Gasteiger partial charge in [-0.3, -0.25) is 4.99 Å². The van der Waals surface area contributed by atoms with Gasteiger partial charge in [0.2, 0.25) is 0 Å². The van der Waals surface area contributed by atoms with Crippen molar-refractivity contribution in [3.63, 3.8) is 0 Å². The van der Waals surface area contributed by atoms with Gasteiger partial charge in [-0.25, -0.2) is 0 Å². The van der Waals surface area contributed by atoms with Crippen molar-refractivity contribution in [1.29, 1.82) is 0 Å². The SMILES string of the molecule is Oc1ccc(C=Nc2cccc3ccccc23)cc1I. The lowest BCUT2D eigenvalue weighted by molar-refractivity contribution is 0.471. The smallest absolute Gasteiger partial charge is 0.128 e. The molecule has 0 bridgehead atoms. The highest BCUT2D eigenvalue weighted by atomic mass is 127. The Morgan fingerprint density at radius 1 is 0.950 bits per heavy atom. The Balaban J connectivity index is 2.00. The molecular formula is C17H12INO. The van der Waals surface area contributed by atoms with E-state index < -0.39 is 0 Å². The molecule has 0 atom stereocenters. The van der Waals surface area contributed by atoms with Crippen LogP contribution >= 0.6 is 22.6 Å². The number of nitrogens with zero attached hydrogens (tertiary/aromatic N) is 1. The lowest BCUT2D eigenvalue weighted by atomic mass is 10.1. The van der Waals surface area contributed by atoms with E-state index in [4.69, 9.17) is 0 Å². The first kappa shape index (κ1) is 13.1. The highest BCUT2D eigenvalue weighted by Gasteiger charge is 1.99. The molecule has 0 radical (unpaired) electrons. The molecular weight excluding hydrogens is 361 g/mol. The topological polar surface area (TPSA) is 32.6 Å². The molecule has 0 saturated carbocycles. The Labute approximate surface area is 130 Å². The number of rotatable bonds is 2. The first-order valence-electron chi connectivity index (χ1n) is 6.24. The second-order valence-electron chi connectivity index (χ2n) is 4.47. The predicted molar refractivity (Wildman–Crippen MR) is 92.0 cm³/mol. The molecule has 0 fully saturated rings. The molecule has 3 rings (SSSR count). The van der Waals surface area contributed by atoms with Crippen LogP contribution in [0.25, 0.3) is 10.8 Å². The van der Waals surface area contributed by atoms with Gasteiger partial charge in [0, 0.05) is 11.6 Å². The maximum Gasteiger partial charge on any atom is 0.128 e. The zero-order chi connectivity index (χ0) is 13.9. The fourth-order valence-electron chi connectivity index (χ4n) is 2.07. The summed E-state index contributed by atoms with van der Waals surface area (Å²) in [6, 6.07) is 19.7. The van der Waals surface area contributed by atoms with Crippen molar-refractivity contribution in [2.24, 2.45) is 4.99 Å². The molecule has 0 spiro atoms. The van der Waals surface area contributed by atoms with E-state index in [-0.39, 0.29) is 0 Å². The molecule has 0 unspecified atom stereocenters. The van der Waals surface area contributed by atoms with Crippen LogP contribution in [-0.4, -0.2) is 11.3 Å². The van der Waals surface area contributed by atoms with Crippen LogP contribution in [0, 0.1) is 3.57 Å². The minimum absolute atomic E-state index is 0.299. The minimum atomic E-state index is 0.299. The van der Waals surface area contributed by atoms with Gasteiger partial charge < -0.3 is 5.11 Å². The van der Waals surface area contributed by atoms with Crippen LogP contribution in [0.5, 0.6) is 5.75 Å². The number of aliphatic imine (C=N–C) groups is 1. The van der Waals surface area contributed by atoms with E-state index in [0.717, 1.165) is 20.2 Å². The highest BCUT2D eigenvalue weighted by Crippen LogP contribution is 2.26. The molecule has 0 aliphatic rings. The molecule has 3 aromatic carbocycles. The molecule has 0 aliphatic heterocycles. The maximum atomic E-state index is 9.52. The molecule has 0 heterocycles. The van der Waals surface area contributed by atoms with Gasteiger partial charge in [0.25, 0.3) is 0 Å². The van der Waals surface area contributed by atoms with Crippen molar-refractivity contribution < 1.29 is 5.11 Å². The fourth-order valence-corrected chi connectivity index (χ4v) is 2.61. The van der Waals surface area contributed by atoms with Gasteiger partial charge in [0.15, 0.2) is 0 Å². The van der Waals surface area contributed by atoms with E-state index in [1.807, 2.05) is 42.6 Å². The van der Waals surface area contributed by atoms with Gasteiger partial charge in [-0.15, -0.1) is 0 Å². The summed E-state index contributed by atoms with van der Waals surface area (Å²) in [5.74, 6) is 0.299. The maximum absolute atomic E-state index is 9.52. The first-order chi connectivity index (χ1) is 9.74. The Hall–Kier alpha value is -1.88.